The fourth-order valence-electron chi connectivity index (χ4n) is 4.31. The maximum Gasteiger partial charge on any atom is 0.227 e. The summed E-state index contributed by atoms with van der Waals surface area (Å²) in [6.07, 6.45) is 4.17. The number of aliphatic hydroxyl groups is 1. The van der Waals surface area contributed by atoms with Gasteiger partial charge in [-0.2, -0.15) is 0 Å². The maximum absolute atomic E-state index is 12.8. The minimum atomic E-state index is -1.000. The zero-order valence-electron chi connectivity index (χ0n) is 16.8. The van der Waals surface area contributed by atoms with Crippen LogP contribution in [0.2, 0.25) is 0 Å². The Labute approximate surface area is 162 Å². The highest BCUT2D eigenvalue weighted by atomic mass is 16.3. The highest BCUT2D eigenvalue weighted by Gasteiger charge is 2.37. The number of aryl methyl sites for hydroxylation is 1. The molecule has 1 fully saturated rings. The lowest BCUT2D eigenvalue weighted by Gasteiger charge is -2.37. The zero-order valence-corrected chi connectivity index (χ0v) is 16.8. The Bertz CT molecular complexity index is 710. The summed E-state index contributed by atoms with van der Waals surface area (Å²) in [7, 11) is 0. The smallest absolute Gasteiger partial charge is 0.227 e. The van der Waals surface area contributed by atoms with Crippen LogP contribution in [0.25, 0.3) is 0 Å². The summed E-state index contributed by atoms with van der Waals surface area (Å²) in [4.78, 5) is 27.1. The third kappa shape index (κ3) is 4.34. The summed E-state index contributed by atoms with van der Waals surface area (Å²) >= 11 is 0. The highest BCUT2D eigenvalue weighted by Crippen LogP contribution is 2.34. The van der Waals surface area contributed by atoms with Gasteiger partial charge in [-0.25, -0.2) is 0 Å². The fraction of sp³-hybridized carbons (Fsp3) is 0.636. The molecule has 1 heterocycles. The molecule has 1 aromatic carbocycles. The molecule has 27 heavy (non-hydrogen) atoms. The molecule has 1 aromatic rings. The molecule has 1 aliphatic carbocycles. The predicted molar refractivity (Wildman–Crippen MR) is 105 cm³/mol. The highest BCUT2D eigenvalue weighted by molar-refractivity contribution is 5.84. The van der Waals surface area contributed by atoms with Gasteiger partial charge in [0.25, 0.3) is 0 Å². The standard InChI is InChI=1S/C22H32N2O3/c1-21(2,3)20(26)24-13-7-10-17(14-24)19(25)23-15-22(27)12-6-9-16-8-4-5-11-18(16)22/h4-5,8,11,17,27H,6-7,9-10,12-15H2,1-3H3,(H,23,25). The van der Waals surface area contributed by atoms with E-state index in [9.17, 15) is 14.7 Å². The van der Waals surface area contributed by atoms with Crippen LogP contribution in [0.4, 0.5) is 0 Å². The van der Waals surface area contributed by atoms with E-state index in [1.54, 1.807) is 0 Å². The van der Waals surface area contributed by atoms with Gasteiger partial charge < -0.3 is 15.3 Å². The van der Waals surface area contributed by atoms with Crippen LogP contribution in [0.3, 0.4) is 0 Å². The van der Waals surface area contributed by atoms with Crippen molar-refractivity contribution in [1.82, 2.24) is 10.2 Å². The van der Waals surface area contributed by atoms with Crippen LogP contribution in [0.5, 0.6) is 0 Å². The van der Waals surface area contributed by atoms with Gasteiger partial charge in [0.05, 0.1) is 12.5 Å². The van der Waals surface area contributed by atoms with Crippen molar-refractivity contribution in [3.63, 3.8) is 0 Å². The lowest BCUT2D eigenvalue weighted by atomic mass is 9.79. The molecule has 2 N–H and O–H groups in total. The summed E-state index contributed by atoms with van der Waals surface area (Å²) < 4.78 is 0. The van der Waals surface area contributed by atoms with Gasteiger partial charge in [-0.1, -0.05) is 45.0 Å². The Balaban J connectivity index is 1.62. The number of hydrogen-bond acceptors (Lipinski definition) is 3. The number of nitrogens with zero attached hydrogens (tertiary/aromatic N) is 1. The molecule has 1 aliphatic heterocycles. The van der Waals surface area contributed by atoms with E-state index >= 15 is 0 Å². The Kier molecular flexibility index (Phi) is 5.61. The van der Waals surface area contributed by atoms with Gasteiger partial charge in [-0.05, 0) is 43.2 Å². The molecular formula is C22H32N2O3. The molecule has 0 saturated carbocycles. The second kappa shape index (κ2) is 7.63. The van der Waals surface area contributed by atoms with Crippen LogP contribution in [0, 0.1) is 11.3 Å². The minimum Gasteiger partial charge on any atom is -0.383 e. The van der Waals surface area contributed by atoms with Gasteiger partial charge in [0.15, 0.2) is 0 Å². The summed E-state index contributed by atoms with van der Waals surface area (Å²) in [5.41, 5.74) is 0.671. The lowest BCUT2D eigenvalue weighted by molar-refractivity contribution is -0.143. The largest absolute Gasteiger partial charge is 0.383 e. The molecule has 5 nitrogen and oxygen atoms in total. The Morgan fingerprint density at radius 1 is 1.26 bits per heavy atom. The van der Waals surface area contributed by atoms with Crippen LogP contribution in [0.15, 0.2) is 24.3 Å². The summed E-state index contributed by atoms with van der Waals surface area (Å²) in [6.45, 7) is 7.15. The van der Waals surface area contributed by atoms with Gasteiger partial charge >= 0.3 is 0 Å². The number of piperidine rings is 1. The van der Waals surface area contributed by atoms with Crippen molar-refractivity contribution in [2.24, 2.45) is 11.3 Å². The zero-order chi connectivity index (χ0) is 19.7. The predicted octanol–water partition coefficient (Wildman–Crippen LogP) is 2.61. The maximum atomic E-state index is 12.8. The number of amides is 2. The first kappa shape index (κ1) is 19.9. The van der Waals surface area contributed by atoms with Crippen LogP contribution in [0.1, 0.15) is 57.6 Å². The van der Waals surface area contributed by atoms with Crippen LogP contribution < -0.4 is 5.32 Å². The number of rotatable bonds is 3. The fourth-order valence-corrected chi connectivity index (χ4v) is 4.31. The van der Waals surface area contributed by atoms with E-state index in [1.807, 2.05) is 43.9 Å². The Morgan fingerprint density at radius 2 is 2.00 bits per heavy atom. The first-order valence-corrected chi connectivity index (χ1v) is 10.1. The molecular weight excluding hydrogens is 340 g/mol. The van der Waals surface area contributed by atoms with E-state index in [0.717, 1.165) is 37.8 Å². The van der Waals surface area contributed by atoms with Crippen LogP contribution in [-0.4, -0.2) is 41.5 Å². The second-order valence-electron chi connectivity index (χ2n) is 9.10. The van der Waals surface area contributed by atoms with Crippen molar-refractivity contribution in [3.8, 4) is 0 Å². The average molecular weight is 373 g/mol. The molecule has 0 bridgehead atoms. The molecule has 2 amide bonds. The number of carbonyl (C=O) groups excluding carboxylic acids is 2. The molecule has 2 unspecified atom stereocenters. The first-order valence-electron chi connectivity index (χ1n) is 10.1. The molecule has 3 rings (SSSR count). The van der Waals surface area contributed by atoms with Gasteiger partial charge in [0.2, 0.25) is 11.8 Å². The molecule has 5 heteroatoms. The summed E-state index contributed by atoms with van der Waals surface area (Å²) in [6, 6.07) is 7.95. The van der Waals surface area contributed by atoms with Gasteiger partial charge in [0.1, 0.15) is 5.60 Å². The first-order chi connectivity index (χ1) is 12.7. The Hall–Kier alpha value is -1.88. The molecule has 0 aromatic heterocycles. The van der Waals surface area contributed by atoms with Crippen LogP contribution in [-0.2, 0) is 21.6 Å². The van der Waals surface area contributed by atoms with Crippen molar-refractivity contribution >= 4 is 11.8 Å². The lowest BCUT2D eigenvalue weighted by Crippen LogP contribution is -2.50. The van der Waals surface area contributed by atoms with Crippen molar-refractivity contribution in [2.45, 2.75) is 58.5 Å². The molecule has 2 atom stereocenters. The number of hydrogen-bond donors (Lipinski definition) is 2. The van der Waals surface area contributed by atoms with Crippen molar-refractivity contribution < 1.29 is 14.7 Å². The van der Waals surface area contributed by atoms with Crippen LogP contribution >= 0.6 is 0 Å². The monoisotopic (exact) mass is 372 g/mol. The third-order valence-electron chi connectivity index (χ3n) is 5.83. The average Bonchev–Trinajstić information content (AvgIpc) is 2.65. The number of nitrogens with one attached hydrogen (secondary N) is 1. The quantitative estimate of drug-likeness (QED) is 0.857. The molecule has 1 saturated heterocycles. The number of carbonyl (C=O) groups is 2. The number of benzene rings is 1. The van der Waals surface area contributed by atoms with E-state index in [1.165, 1.54) is 5.56 Å². The van der Waals surface area contributed by atoms with Crippen molar-refractivity contribution in [3.05, 3.63) is 35.4 Å². The second-order valence-corrected chi connectivity index (χ2v) is 9.10. The van der Waals surface area contributed by atoms with Crippen molar-refractivity contribution in [1.29, 1.82) is 0 Å². The van der Waals surface area contributed by atoms with E-state index < -0.39 is 11.0 Å². The van der Waals surface area contributed by atoms with E-state index in [2.05, 4.69) is 11.4 Å². The van der Waals surface area contributed by atoms with E-state index in [-0.39, 0.29) is 24.3 Å². The van der Waals surface area contributed by atoms with Gasteiger partial charge in [-0.15, -0.1) is 0 Å². The normalized spacial score (nSPS) is 25.6. The molecule has 0 radical (unpaired) electrons. The van der Waals surface area contributed by atoms with E-state index in [4.69, 9.17) is 0 Å². The number of fused-ring (bicyclic) bond motifs is 1. The summed E-state index contributed by atoms with van der Waals surface area (Å²) in [5.74, 6) is -0.162. The molecule has 148 valence electrons. The van der Waals surface area contributed by atoms with Gasteiger partial charge in [0, 0.05) is 18.5 Å². The molecule has 0 spiro atoms. The third-order valence-corrected chi connectivity index (χ3v) is 5.83. The minimum absolute atomic E-state index is 0.0575. The Morgan fingerprint density at radius 3 is 2.74 bits per heavy atom. The van der Waals surface area contributed by atoms with E-state index in [0.29, 0.717) is 13.0 Å². The molecule has 2 aliphatic rings. The topological polar surface area (TPSA) is 69.6 Å². The summed E-state index contributed by atoms with van der Waals surface area (Å²) in [5, 5.41) is 14.1. The number of likely N-dealkylation sites (tertiary alicyclic amines) is 1. The SMILES string of the molecule is CC(C)(C)C(=O)N1CCCC(C(=O)NCC2(O)CCCc3ccccc32)C1. The van der Waals surface area contributed by atoms with Gasteiger partial charge in [-0.3, -0.25) is 9.59 Å². The van der Waals surface area contributed by atoms with Crippen molar-refractivity contribution in [2.75, 3.05) is 19.6 Å².